The van der Waals surface area contributed by atoms with Gasteiger partial charge in [0, 0.05) is 17.8 Å². The van der Waals surface area contributed by atoms with E-state index in [0.717, 1.165) is 0 Å². The molecule has 0 aromatic carbocycles. The van der Waals surface area contributed by atoms with Crippen molar-refractivity contribution in [2.45, 2.75) is 0 Å². The van der Waals surface area contributed by atoms with Crippen LogP contribution in [0.1, 0.15) is 0 Å². The molecule has 0 atom stereocenters. The Balaban J connectivity index is 0.000000112. The summed E-state index contributed by atoms with van der Waals surface area (Å²) < 4.78 is 7.88. The van der Waals surface area contributed by atoms with E-state index in [1.54, 1.807) is 18.6 Å². The molecule has 0 radical (unpaired) electrons. The number of nitrogens with zero attached hydrogens (tertiary/aromatic N) is 5. The van der Waals surface area contributed by atoms with Gasteiger partial charge < -0.3 is 4.42 Å². The van der Waals surface area contributed by atoms with Crippen LogP contribution in [0.5, 0.6) is 0 Å². The molecule has 0 spiro atoms. The highest BCUT2D eigenvalue weighted by Gasteiger charge is 1.61. The Labute approximate surface area is 89.3 Å². The topological polar surface area (TPSA) is 93.4 Å². The molecule has 0 aliphatic carbocycles. The first-order valence-corrected chi connectivity index (χ1v) is 4.67. The van der Waals surface area contributed by atoms with Crippen molar-refractivity contribution in [1.29, 1.82) is 0 Å². The lowest BCUT2D eigenvalue weighted by Gasteiger charge is -1.49. The number of nitrogens with one attached hydrogen (secondary N) is 1. The van der Waals surface area contributed by atoms with Crippen molar-refractivity contribution in [3.05, 3.63) is 42.8 Å². The molecule has 0 aliphatic heterocycles. The van der Waals surface area contributed by atoms with Crippen LogP contribution in [0, 0.1) is 0 Å². The van der Waals surface area contributed by atoms with Crippen molar-refractivity contribution in [3.8, 4) is 0 Å². The van der Waals surface area contributed by atoms with E-state index in [1.165, 1.54) is 24.3 Å². The summed E-state index contributed by atoms with van der Waals surface area (Å²) in [6.45, 7) is 0. The highest BCUT2D eigenvalue weighted by atomic mass is 32.1. The SMILES string of the molecule is c1cn[nH]c1.c1csnn1.c1nnco1. The van der Waals surface area contributed by atoms with Gasteiger partial charge in [0.1, 0.15) is 0 Å². The van der Waals surface area contributed by atoms with Crippen LogP contribution < -0.4 is 0 Å². The van der Waals surface area contributed by atoms with Crippen LogP contribution in [0.4, 0.5) is 0 Å². The first-order chi connectivity index (χ1) is 7.50. The molecule has 7 nitrogen and oxygen atoms in total. The molecule has 78 valence electrons. The average Bonchev–Trinajstić information content (AvgIpc) is 3.09. The third-order valence-electron chi connectivity index (χ3n) is 0.971. The van der Waals surface area contributed by atoms with Gasteiger partial charge in [-0.1, -0.05) is 4.49 Å². The first kappa shape index (κ1) is 11.0. The van der Waals surface area contributed by atoms with Crippen LogP contribution in [0.25, 0.3) is 0 Å². The summed E-state index contributed by atoms with van der Waals surface area (Å²) in [5, 5.41) is 18.1. The van der Waals surface area contributed by atoms with E-state index in [4.69, 9.17) is 0 Å². The van der Waals surface area contributed by atoms with Gasteiger partial charge in [-0.05, 0) is 17.6 Å². The summed E-state index contributed by atoms with van der Waals surface area (Å²) in [7, 11) is 0. The second kappa shape index (κ2) is 8.51. The van der Waals surface area contributed by atoms with Crippen molar-refractivity contribution in [2.24, 2.45) is 0 Å². The number of hydrogen-bond donors (Lipinski definition) is 1. The van der Waals surface area contributed by atoms with E-state index in [0.29, 0.717) is 0 Å². The number of H-pyrrole nitrogens is 1. The average molecular weight is 224 g/mol. The maximum absolute atomic E-state index is 4.36. The lowest BCUT2D eigenvalue weighted by atomic mass is 10.8. The second-order valence-electron chi connectivity index (χ2n) is 1.93. The van der Waals surface area contributed by atoms with Crippen LogP contribution in [-0.4, -0.2) is 30.0 Å². The molecule has 1 N–H and O–H groups in total. The lowest BCUT2D eigenvalue weighted by molar-refractivity contribution is 0.553. The normalized spacial score (nSPS) is 8.00. The maximum atomic E-state index is 4.36. The van der Waals surface area contributed by atoms with Crippen molar-refractivity contribution in [2.75, 3.05) is 0 Å². The maximum Gasteiger partial charge on any atom is 0.203 e. The summed E-state index contributed by atoms with van der Waals surface area (Å²) in [5.41, 5.74) is 0. The molecule has 3 aromatic rings. The van der Waals surface area contributed by atoms with Crippen LogP contribution in [0.15, 0.2) is 47.2 Å². The van der Waals surface area contributed by atoms with Gasteiger partial charge in [-0.2, -0.15) is 5.10 Å². The molecule has 0 amide bonds. The zero-order chi connectivity index (χ0) is 10.6. The van der Waals surface area contributed by atoms with E-state index in [2.05, 4.69) is 34.4 Å². The number of aromatic amines is 1. The minimum atomic E-state index is 1.26. The van der Waals surface area contributed by atoms with E-state index < -0.39 is 0 Å². The molecule has 0 saturated carbocycles. The Morgan fingerprint density at radius 1 is 1.07 bits per heavy atom. The number of aromatic nitrogens is 6. The second-order valence-corrected chi connectivity index (χ2v) is 2.58. The van der Waals surface area contributed by atoms with Crippen LogP contribution in [0.3, 0.4) is 0 Å². The van der Waals surface area contributed by atoms with E-state index in [-0.39, 0.29) is 0 Å². The summed E-state index contributed by atoms with van der Waals surface area (Å²) >= 11 is 1.35. The molecule has 3 heterocycles. The third-order valence-corrected chi connectivity index (χ3v) is 1.40. The third kappa shape index (κ3) is 7.02. The molecular formula is C7H8N6OS. The monoisotopic (exact) mass is 224 g/mol. The van der Waals surface area contributed by atoms with Gasteiger partial charge in [0.2, 0.25) is 12.8 Å². The molecule has 0 fully saturated rings. The van der Waals surface area contributed by atoms with Crippen molar-refractivity contribution in [1.82, 2.24) is 30.0 Å². The van der Waals surface area contributed by atoms with Gasteiger partial charge in [0.15, 0.2) is 0 Å². The molecule has 0 saturated heterocycles. The van der Waals surface area contributed by atoms with E-state index in [1.807, 2.05) is 11.4 Å². The largest absolute Gasteiger partial charge is 0.431 e. The first-order valence-electron chi connectivity index (χ1n) is 3.83. The van der Waals surface area contributed by atoms with Crippen LogP contribution in [-0.2, 0) is 0 Å². The van der Waals surface area contributed by atoms with Crippen LogP contribution >= 0.6 is 11.5 Å². The summed E-state index contributed by atoms with van der Waals surface area (Å²) in [5.74, 6) is 0. The number of rotatable bonds is 0. The quantitative estimate of drug-likeness (QED) is 0.612. The summed E-state index contributed by atoms with van der Waals surface area (Å²) in [4.78, 5) is 0. The van der Waals surface area contributed by atoms with Crippen molar-refractivity contribution >= 4 is 11.5 Å². The Kier molecular flexibility index (Phi) is 6.23. The van der Waals surface area contributed by atoms with Gasteiger partial charge in [-0.15, -0.1) is 15.3 Å². The molecule has 8 heteroatoms. The smallest absolute Gasteiger partial charge is 0.203 e. The predicted octanol–water partition coefficient (Wildman–Crippen LogP) is 1.02. The van der Waals surface area contributed by atoms with Gasteiger partial charge in [-0.3, -0.25) is 5.10 Å². The predicted molar refractivity (Wildman–Crippen MR) is 52.8 cm³/mol. The molecule has 0 bridgehead atoms. The lowest BCUT2D eigenvalue weighted by Crippen LogP contribution is -1.53. The number of hydrogen-bond acceptors (Lipinski definition) is 7. The molecule has 3 rings (SSSR count). The Morgan fingerprint density at radius 3 is 2.13 bits per heavy atom. The zero-order valence-corrected chi connectivity index (χ0v) is 8.41. The zero-order valence-electron chi connectivity index (χ0n) is 7.59. The van der Waals surface area contributed by atoms with E-state index >= 15 is 0 Å². The highest BCUT2D eigenvalue weighted by molar-refractivity contribution is 7.03. The van der Waals surface area contributed by atoms with Crippen molar-refractivity contribution in [3.63, 3.8) is 0 Å². The molecule has 0 aliphatic rings. The van der Waals surface area contributed by atoms with Gasteiger partial charge in [0.25, 0.3) is 0 Å². The van der Waals surface area contributed by atoms with Crippen LogP contribution in [0.2, 0.25) is 0 Å². The van der Waals surface area contributed by atoms with Gasteiger partial charge >= 0.3 is 0 Å². The molecular weight excluding hydrogens is 216 g/mol. The highest BCUT2D eigenvalue weighted by Crippen LogP contribution is 1.78. The fraction of sp³-hybridized carbons (Fsp3) is 0. The molecule has 3 aromatic heterocycles. The summed E-state index contributed by atoms with van der Waals surface area (Å²) in [6, 6.07) is 1.83. The Bertz CT molecular complexity index is 255. The van der Waals surface area contributed by atoms with Gasteiger partial charge in [-0.25, -0.2) is 0 Å². The van der Waals surface area contributed by atoms with Crippen molar-refractivity contribution < 1.29 is 4.42 Å². The van der Waals surface area contributed by atoms with E-state index in [9.17, 15) is 0 Å². The minimum absolute atomic E-state index is 1.26. The molecule has 15 heavy (non-hydrogen) atoms. The Hall–Kier alpha value is -2.09. The standard InChI is InChI=1S/C3H4N2.C2H2N2O.C2H2N2S/c1-2-4-5-3-1;1-3-4-2-5-1;1-2-5-4-3-1/h1-3H,(H,4,5);2*1-2H. The Morgan fingerprint density at radius 2 is 1.93 bits per heavy atom. The summed E-state index contributed by atoms with van der Waals surface area (Å²) in [6.07, 6.45) is 7.64. The molecule has 0 unspecified atom stereocenters. The fourth-order valence-corrected chi connectivity index (χ4v) is 0.759. The fourth-order valence-electron chi connectivity index (χ4n) is 0.487. The van der Waals surface area contributed by atoms with Gasteiger partial charge in [0.05, 0.1) is 6.20 Å². The minimum Gasteiger partial charge on any atom is -0.431 e.